The Morgan fingerprint density at radius 1 is 1.07 bits per heavy atom. The summed E-state index contributed by atoms with van der Waals surface area (Å²) in [6.07, 6.45) is 1.64. The molecule has 7 heteroatoms. The van der Waals surface area contributed by atoms with Gasteiger partial charge in [-0.15, -0.1) is 0 Å². The molecule has 2 aromatic rings. The van der Waals surface area contributed by atoms with E-state index < -0.39 is 6.03 Å². The molecule has 1 heterocycles. The number of amides is 3. The minimum atomic E-state index is -0.435. The summed E-state index contributed by atoms with van der Waals surface area (Å²) in [6, 6.07) is 10.9. The zero-order chi connectivity index (χ0) is 21.0. The molecule has 1 aliphatic rings. The van der Waals surface area contributed by atoms with E-state index in [2.05, 4.69) is 21.2 Å². The second kappa shape index (κ2) is 9.13. The van der Waals surface area contributed by atoms with E-state index in [-0.39, 0.29) is 18.1 Å². The number of hydrogen-bond donors (Lipinski definition) is 1. The van der Waals surface area contributed by atoms with Gasteiger partial charge >= 0.3 is 6.03 Å². The van der Waals surface area contributed by atoms with Gasteiger partial charge in [0, 0.05) is 4.47 Å². The molecule has 0 spiro atoms. The molecule has 2 aromatic carbocycles. The number of aryl methyl sites for hydroxylation is 1. The van der Waals surface area contributed by atoms with Crippen LogP contribution in [0.15, 0.2) is 46.6 Å². The van der Waals surface area contributed by atoms with E-state index in [1.54, 1.807) is 18.2 Å². The fourth-order valence-electron chi connectivity index (χ4n) is 3.06. The third-order valence-electron chi connectivity index (χ3n) is 4.35. The van der Waals surface area contributed by atoms with E-state index in [9.17, 15) is 9.59 Å². The Balaban J connectivity index is 1.88. The highest BCUT2D eigenvalue weighted by molar-refractivity contribution is 9.10. The Bertz CT molecular complexity index is 971. The summed E-state index contributed by atoms with van der Waals surface area (Å²) in [5.74, 6) is 0.833. The van der Waals surface area contributed by atoms with Crippen molar-refractivity contribution in [3.8, 4) is 11.5 Å². The predicted octanol–water partition coefficient (Wildman–Crippen LogP) is 4.65. The van der Waals surface area contributed by atoms with E-state index in [4.69, 9.17) is 9.47 Å². The van der Waals surface area contributed by atoms with Gasteiger partial charge in [-0.1, -0.05) is 45.8 Å². The van der Waals surface area contributed by atoms with Crippen LogP contribution in [0.4, 0.5) is 4.79 Å². The monoisotopic (exact) mass is 458 g/mol. The van der Waals surface area contributed by atoms with E-state index in [0.29, 0.717) is 30.3 Å². The molecule has 1 aliphatic heterocycles. The van der Waals surface area contributed by atoms with Gasteiger partial charge in [0.15, 0.2) is 11.5 Å². The average molecular weight is 459 g/mol. The summed E-state index contributed by atoms with van der Waals surface area (Å²) in [6.45, 7) is 6.97. The number of halogens is 1. The number of nitrogens with one attached hydrogen (secondary N) is 1. The van der Waals surface area contributed by atoms with Crippen molar-refractivity contribution in [3.63, 3.8) is 0 Å². The number of ether oxygens (including phenoxy) is 2. The fourth-order valence-corrected chi connectivity index (χ4v) is 3.50. The van der Waals surface area contributed by atoms with Gasteiger partial charge in [0.25, 0.3) is 5.91 Å². The molecule has 0 radical (unpaired) electrons. The number of rotatable bonds is 7. The normalized spacial score (nSPS) is 15.0. The highest BCUT2D eigenvalue weighted by Gasteiger charge is 2.33. The van der Waals surface area contributed by atoms with Crippen molar-refractivity contribution in [2.45, 2.75) is 27.3 Å². The molecule has 0 atom stereocenters. The van der Waals surface area contributed by atoms with Gasteiger partial charge in [-0.3, -0.25) is 9.69 Å². The third kappa shape index (κ3) is 4.79. The lowest BCUT2D eigenvalue weighted by atomic mass is 10.1. The molecule has 1 saturated heterocycles. The maximum Gasteiger partial charge on any atom is 0.329 e. The second-order valence-electron chi connectivity index (χ2n) is 6.55. The topological polar surface area (TPSA) is 67.9 Å². The maximum absolute atomic E-state index is 12.8. The van der Waals surface area contributed by atoms with Crippen LogP contribution in [-0.2, 0) is 11.3 Å². The highest BCUT2D eigenvalue weighted by atomic mass is 79.9. The first-order valence-corrected chi connectivity index (χ1v) is 10.2. The summed E-state index contributed by atoms with van der Waals surface area (Å²) < 4.78 is 12.0. The quantitative estimate of drug-likeness (QED) is 0.484. The molecule has 29 heavy (non-hydrogen) atoms. The number of benzene rings is 2. The molecule has 1 fully saturated rings. The number of nitrogens with zero attached hydrogens (tertiary/aromatic N) is 1. The van der Waals surface area contributed by atoms with E-state index in [1.165, 1.54) is 4.90 Å². The summed E-state index contributed by atoms with van der Waals surface area (Å²) in [7, 11) is 0. The maximum atomic E-state index is 12.8. The largest absolute Gasteiger partial charge is 0.490 e. The van der Waals surface area contributed by atoms with Crippen LogP contribution in [-0.4, -0.2) is 30.1 Å². The zero-order valence-electron chi connectivity index (χ0n) is 16.6. The Morgan fingerprint density at radius 2 is 1.76 bits per heavy atom. The van der Waals surface area contributed by atoms with Gasteiger partial charge in [0.05, 0.1) is 19.8 Å². The summed E-state index contributed by atoms with van der Waals surface area (Å²) in [5.41, 5.74) is 2.90. The third-order valence-corrected chi connectivity index (χ3v) is 5.03. The van der Waals surface area contributed by atoms with Crippen molar-refractivity contribution >= 4 is 33.9 Å². The van der Waals surface area contributed by atoms with Crippen LogP contribution in [0.2, 0.25) is 0 Å². The van der Waals surface area contributed by atoms with Gasteiger partial charge < -0.3 is 14.8 Å². The van der Waals surface area contributed by atoms with Gasteiger partial charge in [-0.2, -0.15) is 0 Å². The number of urea groups is 1. The first-order chi connectivity index (χ1) is 13.9. The van der Waals surface area contributed by atoms with Gasteiger partial charge in [-0.25, -0.2) is 4.79 Å². The van der Waals surface area contributed by atoms with Crippen LogP contribution in [0.3, 0.4) is 0 Å². The van der Waals surface area contributed by atoms with Crippen LogP contribution in [0.1, 0.15) is 30.5 Å². The van der Waals surface area contributed by atoms with Crippen molar-refractivity contribution in [1.82, 2.24) is 10.2 Å². The molecule has 6 nitrogen and oxygen atoms in total. The molecule has 1 N–H and O–H groups in total. The summed E-state index contributed by atoms with van der Waals surface area (Å²) in [4.78, 5) is 26.4. The molecule has 3 rings (SSSR count). The molecule has 152 valence electrons. The molecule has 0 saturated carbocycles. The standard InChI is InChI=1S/C22H23BrN2O4/c1-4-28-19-11-16(17(23)12-20(19)29-5-2)10-18-21(26)25(22(27)24-18)13-15-8-6-7-14(3)9-15/h6-12H,4-5,13H2,1-3H3,(H,24,27)/b18-10+. The van der Waals surface area contributed by atoms with Crippen molar-refractivity contribution < 1.29 is 19.1 Å². The minimum Gasteiger partial charge on any atom is -0.490 e. The molecule has 0 bridgehead atoms. The molecule has 0 aliphatic carbocycles. The lowest BCUT2D eigenvalue weighted by Crippen LogP contribution is -2.30. The van der Waals surface area contributed by atoms with E-state index in [0.717, 1.165) is 15.6 Å². The highest BCUT2D eigenvalue weighted by Crippen LogP contribution is 2.35. The Hall–Kier alpha value is -2.80. The molecule has 0 aromatic heterocycles. The molecule has 0 unspecified atom stereocenters. The summed E-state index contributed by atoms with van der Waals surface area (Å²) >= 11 is 3.50. The van der Waals surface area contributed by atoms with Crippen molar-refractivity contribution in [1.29, 1.82) is 0 Å². The van der Waals surface area contributed by atoms with Crippen molar-refractivity contribution in [3.05, 3.63) is 63.3 Å². The van der Waals surface area contributed by atoms with Gasteiger partial charge in [0.1, 0.15) is 5.70 Å². The first-order valence-electron chi connectivity index (χ1n) is 9.42. The SMILES string of the molecule is CCOc1cc(Br)c(/C=C2/NC(=O)N(Cc3cccc(C)c3)C2=O)cc1OCC. The Labute approximate surface area is 178 Å². The number of imide groups is 1. The van der Waals surface area contributed by atoms with Crippen molar-refractivity contribution in [2.75, 3.05) is 13.2 Å². The van der Waals surface area contributed by atoms with Crippen LogP contribution in [0.25, 0.3) is 6.08 Å². The number of carbonyl (C=O) groups is 2. The molecular formula is C22H23BrN2O4. The minimum absolute atomic E-state index is 0.218. The Morgan fingerprint density at radius 3 is 2.41 bits per heavy atom. The van der Waals surface area contributed by atoms with E-state index >= 15 is 0 Å². The van der Waals surface area contributed by atoms with Gasteiger partial charge in [0.2, 0.25) is 0 Å². The molecule has 3 amide bonds. The second-order valence-corrected chi connectivity index (χ2v) is 7.41. The first kappa shape index (κ1) is 20.9. The van der Waals surface area contributed by atoms with Crippen molar-refractivity contribution in [2.24, 2.45) is 0 Å². The summed E-state index contributed by atoms with van der Waals surface area (Å²) in [5, 5.41) is 2.66. The van der Waals surface area contributed by atoms with Crippen LogP contribution in [0.5, 0.6) is 11.5 Å². The lowest BCUT2D eigenvalue weighted by molar-refractivity contribution is -0.123. The van der Waals surface area contributed by atoms with Crippen LogP contribution < -0.4 is 14.8 Å². The number of carbonyl (C=O) groups excluding carboxylic acids is 2. The predicted molar refractivity (Wildman–Crippen MR) is 115 cm³/mol. The zero-order valence-corrected chi connectivity index (χ0v) is 18.2. The Kier molecular flexibility index (Phi) is 6.59. The smallest absolute Gasteiger partial charge is 0.329 e. The van der Waals surface area contributed by atoms with Gasteiger partial charge in [-0.05, 0) is 50.1 Å². The fraction of sp³-hybridized carbons (Fsp3) is 0.273. The number of hydrogen-bond acceptors (Lipinski definition) is 4. The van der Waals surface area contributed by atoms with Crippen LogP contribution in [0, 0.1) is 6.92 Å². The lowest BCUT2D eigenvalue weighted by Gasteiger charge is -2.13. The van der Waals surface area contributed by atoms with Crippen LogP contribution >= 0.6 is 15.9 Å². The molecular weight excluding hydrogens is 436 g/mol. The average Bonchev–Trinajstić information content (AvgIpc) is 2.93. The van der Waals surface area contributed by atoms with E-state index in [1.807, 2.05) is 45.0 Å².